The van der Waals surface area contributed by atoms with E-state index in [9.17, 15) is 13.6 Å². The lowest BCUT2D eigenvalue weighted by Gasteiger charge is -2.16. The van der Waals surface area contributed by atoms with E-state index in [1.165, 1.54) is 4.90 Å². The maximum absolute atomic E-state index is 13.5. The van der Waals surface area contributed by atoms with Gasteiger partial charge in [-0.25, -0.2) is 8.78 Å². The smallest absolute Gasteiger partial charge is 0.256 e. The van der Waals surface area contributed by atoms with Crippen molar-refractivity contribution in [1.82, 2.24) is 4.90 Å². The monoisotopic (exact) mass is 255 g/mol. The Morgan fingerprint density at radius 3 is 2.78 bits per heavy atom. The van der Waals surface area contributed by atoms with E-state index in [0.29, 0.717) is 13.1 Å². The predicted octanol–water partition coefficient (Wildman–Crippen LogP) is 1.67. The van der Waals surface area contributed by atoms with Crippen molar-refractivity contribution in [2.45, 2.75) is 6.92 Å². The van der Waals surface area contributed by atoms with Crippen molar-refractivity contribution in [2.75, 3.05) is 19.7 Å². The standard InChI is InChI=1S/C13H15F2NO2/c1-8-5-16(6-9(8)7-17)13(18)11-4-10(14)2-3-12(11)15/h2-4,8-9,17H,5-7H2,1H3/t8-,9+/m1/s1. The Kier molecular flexibility index (Phi) is 3.61. The summed E-state index contributed by atoms with van der Waals surface area (Å²) in [6, 6.07) is 2.84. The lowest BCUT2D eigenvalue weighted by atomic mass is 10.00. The number of aliphatic hydroxyl groups is 1. The quantitative estimate of drug-likeness (QED) is 0.873. The molecule has 5 heteroatoms. The molecular weight excluding hydrogens is 240 g/mol. The molecule has 1 saturated heterocycles. The van der Waals surface area contributed by atoms with Crippen LogP contribution in [0.1, 0.15) is 17.3 Å². The summed E-state index contributed by atoms with van der Waals surface area (Å²) >= 11 is 0. The highest BCUT2D eigenvalue weighted by atomic mass is 19.1. The molecule has 1 amide bonds. The highest BCUT2D eigenvalue weighted by Gasteiger charge is 2.33. The van der Waals surface area contributed by atoms with Gasteiger partial charge < -0.3 is 10.0 Å². The zero-order valence-corrected chi connectivity index (χ0v) is 10.1. The first-order valence-electron chi connectivity index (χ1n) is 5.88. The number of amides is 1. The van der Waals surface area contributed by atoms with E-state index >= 15 is 0 Å². The van der Waals surface area contributed by atoms with Crippen LogP contribution in [-0.4, -0.2) is 35.6 Å². The number of rotatable bonds is 2. The first-order chi connectivity index (χ1) is 8.52. The molecule has 0 saturated carbocycles. The SMILES string of the molecule is C[C@@H]1CN(C(=O)c2cc(F)ccc2F)C[C@H]1CO. The first-order valence-corrected chi connectivity index (χ1v) is 5.88. The summed E-state index contributed by atoms with van der Waals surface area (Å²) in [5.74, 6) is -1.71. The van der Waals surface area contributed by atoms with Gasteiger partial charge in [-0.3, -0.25) is 4.79 Å². The second-order valence-electron chi connectivity index (χ2n) is 4.75. The van der Waals surface area contributed by atoms with Gasteiger partial charge >= 0.3 is 0 Å². The van der Waals surface area contributed by atoms with Gasteiger partial charge in [0, 0.05) is 25.6 Å². The fourth-order valence-electron chi connectivity index (χ4n) is 2.27. The number of aliphatic hydroxyl groups excluding tert-OH is 1. The van der Waals surface area contributed by atoms with E-state index in [1.807, 2.05) is 6.92 Å². The number of benzene rings is 1. The van der Waals surface area contributed by atoms with Gasteiger partial charge in [-0.15, -0.1) is 0 Å². The summed E-state index contributed by atoms with van der Waals surface area (Å²) in [5, 5.41) is 9.13. The largest absolute Gasteiger partial charge is 0.396 e. The van der Waals surface area contributed by atoms with Gasteiger partial charge in [0.15, 0.2) is 0 Å². The lowest BCUT2D eigenvalue weighted by Crippen LogP contribution is -2.30. The first kappa shape index (κ1) is 13.0. The van der Waals surface area contributed by atoms with Crippen LogP contribution in [-0.2, 0) is 0 Å². The average Bonchev–Trinajstić information content (AvgIpc) is 2.73. The number of carbonyl (C=O) groups is 1. The Bertz CT molecular complexity index is 464. The lowest BCUT2D eigenvalue weighted by molar-refractivity contribution is 0.0775. The molecule has 18 heavy (non-hydrogen) atoms. The van der Waals surface area contributed by atoms with Crippen molar-refractivity contribution >= 4 is 5.91 Å². The van der Waals surface area contributed by atoms with Crippen LogP contribution < -0.4 is 0 Å². The van der Waals surface area contributed by atoms with E-state index < -0.39 is 17.5 Å². The molecule has 2 atom stereocenters. The molecule has 0 spiro atoms. The molecule has 98 valence electrons. The summed E-state index contributed by atoms with van der Waals surface area (Å²) in [7, 11) is 0. The molecule has 0 bridgehead atoms. The fourth-order valence-corrected chi connectivity index (χ4v) is 2.27. The predicted molar refractivity (Wildman–Crippen MR) is 62.0 cm³/mol. The molecule has 1 heterocycles. The normalized spacial score (nSPS) is 23.4. The molecule has 1 aromatic carbocycles. The molecule has 2 rings (SSSR count). The van der Waals surface area contributed by atoms with Crippen LogP contribution in [0, 0.1) is 23.5 Å². The molecule has 0 radical (unpaired) electrons. The Hall–Kier alpha value is -1.49. The van der Waals surface area contributed by atoms with Crippen LogP contribution in [0.4, 0.5) is 8.78 Å². The molecule has 3 nitrogen and oxygen atoms in total. The van der Waals surface area contributed by atoms with Crippen molar-refractivity contribution in [3.8, 4) is 0 Å². The van der Waals surface area contributed by atoms with Crippen LogP contribution >= 0.6 is 0 Å². The molecule has 1 aliphatic heterocycles. The average molecular weight is 255 g/mol. The Morgan fingerprint density at radius 2 is 2.17 bits per heavy atom. The number of likely N-dealkylation sites (tertiary alicyclic amines) is 1. The summed E-state index contributed by atoms with van der Waals surface area (Å²) in [6.45, 7) is 2.76. The second-order valence-corrected chi connectivity index (χ2v) is 4.75. The number of nitrogens with zero attached hydrogens (tertiary/aromatic N) is 1. The van der Waals surface area contributed by atoms with Gasteiger partial charge in [-0.2, -0.15) is 0 Å². The van der Waals surface area contributed by atoms with Gasteiger partial charge in [0.2, 0.25) is 0 Å². The minimum atomic E-state index is -0.721. The van der Waals surface area contributed by atoms with Crippen LogP contribution in [0.3, 0.4) is 0 Å². The summed E-state index contributed by atoms with van der Waals surface area (Å²) in [4.78, 5) is 13.5. The van der Waals surface area contributed by atoms with Crippen molar-refractivity contribution in [2.24, 2.45) is 11.8 Å². The Labute approximate surface area is 104 Å². The molecule has 1 aliphatic rings. The molecular formula is C13H15F2NO2. The highest BCUT2D eigenvalue weighted by Crippen LogP contribution is 2.24. The van der Waals surface area contributed by atoms with E-state index in [-0.39, 0.29) is 24.0 Å². The zero-order chi connectivity index (χ0) is 13.3. The van der Waals surface area contributed by atoms with E-state index in [1.54, 1.807) is 0 Å². The van der Waals surface area contributed by atoms with Gasteiger partial charge in [-0.05, 0) is 24.1 Å². The molecule has 1 N–H and O–H groups in total. The van der Waals surface area contributed by atoms with Crippen LogP contribution in [0.15, 0.2) is 18.2 Å². The summed E-state index contributed by atoms with van der Waals surface area (Å²) < 4.78 is 26.5. The Balaban J connectivity index is 2.20. The Morgan fingerprint density at radius 1 is 1.44 bits per heavy atom. The third-order valence-electron chi connectivity index (χ3n) is 3.45. The van der Waals surface area contributed by atoms with Gasteiger partial charge in [-0.1, -0.05) is 6.92 Å². The highest BCUT2D eigenvalue weighted by molar-refractivity contribution is 5.94. The maximum atomic E-state index is 13.5. The van der Waals surface area contributed by atoms with E-state index in [2.05, 4.69) is 0 Å². The summed E-state index contributed by atoms with van der Waals surface area (Å²) in [5.41, 5.74) is -0.249. The van der Waals surface area contributed by atoms with Crippen LogP contribution in [0.5, 0.6) is 0 Å². The molecule has 1 aromatic rings. The van der Waals surface area contributed by atoms with Crippen molar-refractivity contribution in [3.05, 3.63) is 35.4 Å². The van der Waals surface area contributed by atoms with Gasteiger partial charge in [0.25, 0.3) is 5.91 Å². The minimum Gasteiger partial charge on any atom is -0.396 e. The van der Waals surface area contributed by atoms with E-state index in [4.69, 9.17) is 5.11 Å². The fraction of sp³-hybridized carbons (Fsp3) is 0.462. The number of carbonyl (C=O) groups excluding carboxylic acids is 1. The second kappa shape index (κ2) is 5.02. The number of hydrogen-bond donors (Lipinski definition) is 1. The van der Waals surface area contributed by atoms with Crippen molar-refractivity contribution < 1.29 is 18.7 Å². The molecule has 0 aromatic heterocycles. The number of halogens is 2. The summed E-state index contributed by atoms with van der Waals surface area (Å²) in [6.07, 6.45) is 0. The molecule has 1 fully saturated rings. The van der Waals surface area contributed by atoms with Crippen molar-refractivity contribution in [1.29, 1.82) is 0 Å². The number of hydrogen-bond acceptors (Lipinski definition) is 2. The van der Waals surface area contributed by atoms with E-state index in [0.717, 1.165) is 18.2 Å². The molecule has 0 aliphatic carbocycles. The minimum absolute atomic E-state index is 0.00339. The third kappa shape index (κ3) is 2.36. The van der Waals surface area contributed by atoms with Crippen LogP contribution in [0.25, 0.3) is 0 Å². The zero-order valence-electron chi connectivity index (χ0n) is 10.1. The van der Waals surface area contributed by atoms with Crippen molar-refractivity contribution in [3.63, 3.8) is 0 Å². The van der Waals surface area contributed by atoms with Gasteiger partial charge in [0.1, 0.15) is 11.6 Å². The van der Waals surface area contributed by atoms with Gasteiger partial charge in [0.05, 0.1) is 5.56 Å². The topological polar surface area (TPSA) is 40.5 Å². The maximum Gasteiger partial charge on any atom is 0.256 e. The van der Waals surface area contributed by atoms with Crippen LogP contribution in [0.2, 0.25) is 0 Å². The third-order valence-corrected chi connectivity index (χ3v) is 3.45. The molecule has 0 unspecified atom stereocenters.